The van der Waals surface area contributed by atoms with Gasteiger partial charge >= 0.3 is 6.18 Å². The van der Waals surface area contributed by atoms with E-state index < -0.39 is 17.6 Å². The Labute approximate surface area is 106 Å². The Morgan fingerprint density at radius 3 is 2.58 bits per heavy atom. The van der Waals surface area contributed by atoms with Crippen molar-refractivity contribution in [2.75, 3.05) is 6.54 Å². The molecule has 102 valence electrons. The summed E-state index contributed by atoms with van der Waals surface area (Å²) < 4.78 is 56.3. The van der Waals surface area contributed by atoms with E-state index in [1.54, 1.807) is 0 Å². The number of nitrogens with zero attached hydrogens (tertiary/aromatic N) is 1. The molecule has 0 aliphatic rings. The Hall–Kier alpha value is -1.89. The Bertz CT molecular complexity index is 577. The van der Waals surface area contributed by atoms with E-state index in [1.165, 1.54) is 6.07 Å². The van der Waals surface area contributed by atoms with Gasteiger partial charge in [-0.3, -0.25) is 0 Å². The fourth-order valence-electron chi connectivity index (χ4n) is 1.67. The van der Waals surface area contributed by atoms with Gasteiger partial charge in [-0.05, 0) is 24.7 Å². The van der Waals surface area contributed by atoms with Gasteiger partial charge in [-0.15, -0.1) is 0 Å². The van der Waals surface area contributed by atoms with E-state index in [0.717, 1.165) is 12.1 Å². The van der Waals surface area contributed by atoms with Crippen LogP contribution in [0.1, 0.15) is 11.3 Å². The maximum Gasteiger partial charge on any atom is 0.417 e. The molecule has 19 heavy (non-hydrogen) atoms. The number of rotatable bonds is 3. The van der Waals surface area contributed by atoms with Gasteiger partial charge in [-0.2, -0.15) is 13.2 Å². The highest BCUT2D eigenvalue weighted by molar-refractivity contribution is 5.64. The highest BCUT2D eigenvalue weighted by Gasteiger charge is 2.34. The third-order valence-corrected chi connectivity index (χ3v) is 2.51. The Morgan fingerprint density at radius 2 is 1.95 bits per heavy atom. The molecule has 0 spiro atoms. The Balaban J connectivity index is 2.48. The monoisotopic (exact) mass is 274 g/mol. The third kappa shape index (κ3) is 2.93. The van der Waals surface area contributed by atoms with E-state index >= 15 is 0 Å². The number of alkyl halides is 3. The number of benzene rings is 1. The standard InChI is InChI=1S/C12H10F4N2O/c13-7-1-2-9(10(5-7)12(14,15)16)11-6-8(3-4-17)19-18-11/h1-2,5-6H,3-4,17H2. The molecule has 0 atom stereocenters. The average Bonchev–Trinajstić information content (AvgIpc) is 2.77. The van der Waals surface area contributed by atoms with Gasteiger partial charge in [0, 0.05) is 18.1 Å². The summed E-state index contributed by atoms with van der Waals surface area (Å²) in [5.41, 5.74) is 4.02. The molecule has 3 nitrogen and oxygen atoms in total. The lowest BCUT2D eigenvalue weighted by molar-refractivity contribution is -0.137. The topological polar surface area (TPSA) is 52.0 Å². The van der Waals surface area contributed by atoms with Crippen molar-refractivity contribution in [3.63, 3.8) is 0 Å². The van der Waals surface area contributed by atoms with Crippen molar-refractivity contribution in [3.05, 3.63) is 41.4 Å². The molecule has 7 heteroatoms. The van der Waals surface area contributed by atoms with Crippen LogP contribution in [0.25, 0.3) is 11.3 Å². The van der Waals surface area contributed by atoms with Crippen molar-refractivity contribution in [1.29, 1.82) is 0 Å². The van der Waals surface area contributed by atoms with Crippen LogP contribution in [0.5, 0.6) is 0 Å². The van der Waals surface area contributed by atoms with E-state index in [-0.39, 0.29) is 11.3 Å². The van der Waals surface area contributed by atoms with Crippen LogP contribution in [0, 0.1) is 5.82 Å². The van der Waals surface area contributed by atoms with Crippen LogP contribution >= 0.6 is 0 Å². The second-order valence-electron chi connectivity index (χ2n) is 3.90. The quantitative estimate of drug-likeness (QED) is 0.875. The molecular formula is C12H10F4N2O. The summed E-state index contributed by atoms with van der Waals surface area (Å²) in [7, 11) is 0. The smallest absolute Gasteiger partial charge is 0.361 e. The van der Waals surface area contributed by atoms with Gasteiger partial charge in [0.25, 0.3) is 0 Å². The van der Waals surface area contributed by atoms with Crippen LogP contribution in [-0.2, 0) is 12.6 Å². The Kier molecular flexibility index (Phi) is 3.57. The van der Waals surface area contributed by atoms with Crippen LogP contribution in [0.15, 0.2) is 28.8 Å². The SMILES string of the molecule is NCCc1cc(-c2ccc(F)cc2C(F)(F)F)no1. The fourth-order valence-corrected chi connectivity index (χ4v) is 1.67. The van der Waals surface area contributed by atoms with Gasteiger partial charge < -0.3 is 10.3 Å². The molecule has 1 aromatic carbocycles. The van der Waals surface area contributed by atoms with Crippen LogP contribution in [0.4, 0.5) is 17.6 Å². The summed E-state index contributed by atoms with van der Waals surface area (Å²) in [6.07, 6.45) is -4.29. The van der Waals surface area contributed by atoms with Gasteiger partial charge in [-0.1, -0.05) is 5.16 Å². The van der Waals surface area contributed by atoms with Gasteiger partial charge in [0.1, 0.15) is 17.3 Å². The molecule has 0 aliphatic carbocycles. The number of halogens is 4. The average molecular weight is 274 g/mol. The first kappa shape index (κ1) is 13.5. The zero-order chi connectivity index (χ0) is 14.0. The summed E-state index contributed by atoms with van der Waals surface area (Å²) in [5.74, 6) is -0.572. The lowest BCUT2D eigenvalue weighted by atomic mass is 10.0. The molecule has 1 heterocycles. The number of aromatic nitrogens is 1. The molecule has 0 amide bonds. The molecular weight excluding hydrogens is 264 g/mol. The van der Waals surface area contributed by atoms with Gasteiger partial charge in [0.05, 0.1) is 5.56 Å². The van der Waals surface area contributed by atoms with Crippen LogP contribution in [0.2, 0.25) is 0 Å². The van der Waals surface area contributed by atoms with E-state index in [9.17, 15) is 17.6 Å². The second kappa shape index (κ2) is 5.00. The van der Waals surface area contributed by atoms with Crippen molar-refractivity contribution in [3.8, 4) is 11.3 Å². The van der Waals surface area contributed by atoms with Crippen molar-refractivity contribution in [2.24, 2.45) is 5.73 Å². The summed E-state index contributed by atoms with van der Waals surface area (Å²) >= 11 is 0. The maximum absolute atomic E-state index is 13.0. The predicted molar refractivity (Wildman–Crippen MR) is 59.7 cm³/mol. The largest absolute Gasteiger partial charge is 0.417 e. The minimum atomic E-state index is -4.66. The highest BCUT2D eigenvalue weighted by Crippen LogP contribution is 2.37. The molecule has 2 aromatic rings. The summed E-state index contributed by atoms with van der Waals surface area (Å²) in [4.78, 5) is 0. The van der Waals surface area contributed by atoms with E-state index in [4.69, 9.17) is 10.3 Å². The molecule has 2 rings (SSSR count). The molecule has 0 unspecified atom stereocenters. The summed E-state index contributed by atoms with van der Waals surface area (Å²) in [6, 6.07) is 3.78. The van der Waals surface area contributed by atoms with E-state index in [2.05, 4.69) is 5.16 Å². The molecule has 0 bridgehead atoms. The van der Waals surface area contributed by atoms with Gasteiger partial charge in [0.2, 0.25) is 0 Å². The van der Waals surface area contributed by atoms with Crippen LogP contribution in [-0.4, -0.2) is 11.7 Å². The zero-order valence-electron chi connectivity index (χ0n) is 9.67. The third-order valence-electron chi connectivity index (χ3n) is 2.51. The number of hydrogen-bond acceptors (Lipinski definition) is 3. The van der Waals surface area contributed by atoms with Crippen LogP contribution < -0.4 is 5.73 Å². The van der Waals surface area contributed by atoms with Crippen molar-refractivity contribution in [1.82, 2.24) is 5.16 Å². The fraction of sp³-hybridized carbons (Fsp3) is 0.250. The van der Waals surface area contributed by atoms with Crippen LogP contribution in [0.3, 0.4) is 0 Å². The van der Waals surface area contributed by atoms with E-state index in [1.807, 2.05) is 0 Å². The summed E-state index contributed by atoms with van der Waals surface area (Å²) in [5, 5.41) is 3.56. The zero-order valence-corrected chi connectivity index (χ0v) is 9.67. The van der Waals surface area contributed by atoms with Gasteiger partial charge in [0.15, 0.2) is 0 Å². The molecule has 0 radical (unpaired) electrons. The lowest BCUT2D eigenvalue weighted by Crippen LogP contribution is -2.07. The first-order valence-corrected chi connectivity index (χ1v) is 5.44. The lowest BCUT2D eigenvalue weighted by Gasteiger charge is -2.10. The van der Waals surface area contributed by atoms with E-state index in [0.29, 0.717) is 24.8 Å². The van der Waals surface area contributed by atoms with Crippen molar-refractivity contribution >= 4 is 0 Å². The maximum atomic E-state index is 13.0. The number of nitrogens with two attached hydrogens (primary N) is 1. The summed E-state index contributed by atoms with van der Waals surface area (Å²) in [6.45, 7) is 0.296. The first-order valence-electron chi connectivity index (χ1n) is 5.44. The molecule has 0 aliphatic heterocycles. The van der Waals surface area contributed by atoms with Gasteiger partial charge in [-0.25, -0.2) is 4.39 Å². The Morgan fingerprint density at radius 1 is 1.21 bits per heavy atom. The molecule has 2 N–H and O–H groups in total. The predicted octanol–water partition coefficient (Wildman–Crippen LogP) is 3.00. The number of hydrogen-bond donors (Lipinski definition) is 1. The minimum Gasteiger partial charge on any atom is -0.361 e. The first-order chi connectivity index (χ1) is 8.91. The van der Waals surface area contributed by atoms with Crippen molar-refractivity contribution in [2.45, 2.75) is 12.6 Å². The van der Waals surface area contributed by atoms with Crippen molar-refractivity contribution < 1.29 is 22.1 Å². The normalized spacial score (nSPS) is 11.8. The molecule has 1 aromatic heterocycles. The minimum absolute atomic E-state index is 0.00998. The molecule has 0 saturated heterocycles. The molecule has 0 saturated carbocycles. The molecule has 0 fully saturated rings. The second-order valence-corrected chi connectivity index (χ2v) is 3.90. The highest BCUT2D eigenvalue weighted by atomic mass is 19.4.